The van der Waals surface area contributed by atoms with Crippen LogP contribution in [0.15, 0.2) is 29.0 Å². The van der Waals surface area contributed by atoms with Crippen molar-refractivity contribution in [2.45, 2.75) is 45.3 Å². The van der Waals surface area contributed by atoms with E-state index in [2.05, 4.69) is 23.2 Å². The third-order valence-electron chi connectivity index (χ3n) is 3.66. The topological polar surface area (TPSA) is 44.5 Å². The van der Waals surface area contributed by atoms with E-state index in [1.54, 1.807) is 6.07 Å². The summed E-state index contributed by atoms with van der Waals surface area (Å²) in [5.41, 5.74) is 1.01. The molecule has 6 heteroatoms. The van der Waals surface area contributed by atoms with Crippen molar-refractivity contribution in [2.75, 3.05) is 0 Å². The summed E-state index contributed by atoms with van der Waals surface area (Å²) in [6.45, 7) is 4.05. The number of oxazole rings is 1. The Morgan fingerprint density at radius 3 is 2.95 bits per heavy atom. The molecule has 2 heterocycles. The normalized spacial score (nSPS) is 16.2. The molecule has 1 aromatic heterocycles. The molecule has 0 aliphatic carbocycles. The molecule has 0 atom stereocenters. The van der Waals surface area contributed by atoms with E-state index in [0.717, 1.165) is 30.5 Å². The standard InChI is InChI=1S/C16H17F2NO3/c1-16(2)6-5-10-7-11(3-4-13(10)22-16)20-8-12-14(15(17)18)21-9-19-12/h3-4,7,9,15H,5-6,8H2,1-2H3. The van der Waals surface area contributed by atoms with Gasteiger partial charge < -0.3 is 13.9 Å². The fourth-order valence-electron chi connectivity index (χ4n) is 2.44. The van der Waals surface area contributed by atoms with E-state index in [-0.39, 0.29) is 17.9 Å². The van der Waals surface area contributed by atoms with Crippen LogP contribution in [0.25, 0.3) is 0 Å². The number of hydrogen-bond donors (Lipinski definition) is 0. The highest BCUT2D eigenvalue weighted by Crippen LogP contribution is 2.35. The van der Waals surface area contributed by atoms with Crippen LogP contribution in [0.4, 0.5) is 8.78 Å². The average Bonchev–Trinajstić information content (AvgIpc) is 2.93. The minimum absolute atomic E-state index is 0.0543. The molecule has 0 fully saturated rings. The van der Waals surface area contributed by atoms with E-state index in [1.807, 2.05) is 12.1 Å². The highest BCUT2D eigenvalue weighted by molar-refractivity contribution is 5.42. The van der Waals surface area contributed by atoms with Gasteiger partial charge in [0.1, 0.15) is 29.4 Å². The van der Waals surface area contributed by atoms with Crippen LogP contribution in [0.3, 0.4) is 0 Å². The van der Waals surface area contributed by atoms with Gasteiger partial charge in [0, 0.05) is 0 Å². The first-order valence-electron chi connectivity index (χ1n) is 7.10. The summed E-state index contributed by atoms with van der Waals surface area (Å²) in [6.07, 6.45) is 0.122. The molecule has 1 aliphatic heterocycles. The first kappa shape index (κ1) is 14.8. The summed E-state index contributed by atoms with van der Waals surface area (Å²) in [5.74, 6) is 1.01. The zero-order valence-corrected chi connectivity index (χ0v) is 12.4. The van der Waals surface area contributed by atoms with Crippen LogP contribution >= 0.6 is 0 Å². The molecule has 0 radical (unpaired) electrons. The molecule has 22 heavy (non-hydrogen) atoms. The largest absolute Gasteiger partial charge is 0.488 e. The molecule has 1 aromatic carbocycles. The van der Waals surface area contributed by atoms with E-state index in [0.29, 0.717) is 5.75 Å². The van der Waals surface area contributed by atoms with Crippen molar-refractivity contribution in [1.29, 1.82) is 0 Å². The number of hydrogen-bond acceptors (Lipinski definition) is 4. The molecule has 0 saturated heterocycles. The summed E-state index contributed by atoms with van der Waals surface area (Å²) in [5, 5.41) is 0. The third-order valence-corrected chi connectivity index (χ3v) is 3.66. The molecule has 0 amide bonds. The summed E-state index contributed by atoms with van der Waals surface area (Å²) in [6, 6.07) is 5.50. The molecule has 118 valence electrons. The van der Waals surface area contributed by atoms with Gasteiger partial charge in [-0.3, -0.25) is 0 Å². The first-order chi connectivity index (χ1) is 10.4. The Bertz CT molecular complexity index is 667. The molecule has 0 unspecified atom stereocenters. The van der Waals surface area contributed by atoms with Crippen LogP contribution in [0.5, 0.6) is 11.5 Å². The van der Waals surface area contributed by atoms with Crippen LogP contribution < -0.4 is 9.47 Å². The van der Waals surface area contributed by atoms with Crippen molar-refractivity contribution in [1.82, 2.24) is 4.98 Å². The molecule has 3 rings (SSSR count). The van der Waals surface area contributed by atoms with Crippen molar-refractivity contribution >= 4 is 0 Å². The molecule has 0 spiro atoms. The Morgan fingerprint density at radius 1 is 1.36 bits per heavy atom. The summed E-state index contributed by atoms with van der Waals surface area (Å²) >= 11 is 0. The third kappa shape index (κ3) is 3.05. The number of benzene rings is 1. The van der Waals surface area contributed by atoms with E-state index in [1.165, 1.54) is 0 Å². The Labute approximate surface area is 127 Å². The monoisotopic (exact) mass is 309 g/mol. The SMILES string of the molecule is CC1(C)CCc2cc(OCc3ncoc3C(F)F)ccc2O1. The van der Waals surface area contributed by atoms with Crippen molar-refractivity contribution in [3.8, 4) is 11.5 Å². The Balaban J connectivity index is 1.71. The number of alkyl halides is 2. The second kappa shape index (κ2) is 5.59. The molecular weight excluding hydrogens is 292 g/mol. The zero-order valence-electron chi connectivity index (χ0n) is 12.4. The van der Waals surface area contributed by atoms with Crippen molar-refractivity contribution < 1.29 is 22.7 Å². The first-order valence-corrected chi connectivity index (χ1v) is 7.10. The van der Waals surface area contributed by atoms with Gasteiger partial charge in [0.25, 0.3) is 6.43 Å². The molecule has 0 bridgehead atoms. The predicted octanol–water partition coefficient (Wildman–Crippen LogP) is 4.29. The Morgan fingerprint density at radius 2 is 2.18 bits per heavy atom. The maximum absolute atomic E-state index is 12.7. The van der Waals surface area contributed by atoms with Crippen molar-refractivity contribution in [2.24, 2.45) is 0 Å². The van der Waals surface area contributed by atoms with E-state index >= 15 is 0 Å². The molecule has 0 saturated carbocycles. The van der Waals surface area contributed by atoms with Gasteiger partial charge in [0.15, 0.2) is 12.2 Å². The van der Waals surface area contributed by atoms with Gasteiger partial charge in [-0.2, -0.15) is 0 Å². The number of aryl methyl sites for hydroxylation is 1. The maximum Gasteiger partial charge on any atom is 0.297 e. The van der Waals surface area contributed by atoms with Gasteiger partial charge in [-0.15, -0.1) is 0 Å². The van der Waals surface area contributed by atoms with Crippen LogP contribution in [0.2, 0.25) is 0 Å². The second-order valence-corrected chi connectivity index (χ2v) is 5.88. The van der Waals surface area contributed by atoms with E-state index in [4.69, 9.17) is 9.47 Å². The van der Waals surface area contributed by atoms with Gasteiger partial charge in [-0.05, 0) is 50.5 Å². The quantitative estimate of drug-likeness (QED) is 0.845. The smallest absolute Gasteiger partial charge is 0.297 e. The highest BCUT2D eigenvalue weighted by atomic mass is 19.3. The van der Waals surface area contributed by atoms with Crippen LogP contribution in [-0.2, 0) is 13.0 Å². The minimum Gasteiger partial charge on any atom is -0.488 e. The van der Waals surface area contributed by atoms with Crippen LogP contribution in [0.1, 0.15) is 43.7 Å². The Kier molecular flexibility index (Phi) is 3.76. The lowest BCUT2D eigenvalue weighted by atomic mass is 9.94. The molecule has 0 N–H and O–H groups in total. The summed E-state index contributed by atoms with van der Waals surface area (Å²) in [4.78, 5) is 3.76. The number of rotatable bonds is 4. The van der Waals surface area contributed by atoms with Gasteiger partial charge >= 0.3 is 0 Å². The highest BCUT2D eigenvalue weighted by Gasteiger charge is 2.26. The number of fused-ring (bicyclic) bond motifs is 1. The van der Waals surface area contributed by atoms with Gasteiger partial charge in [-0.1, -0.05) is 0 Å². The second-order valence-electron chi connectivity index (χ2n) is 5.88. The number of nitrogens with zero attached hydrogens (tertiary/aromatic N) is 1. The predicted molar refractivity (Wildman–Crippen MR) is 75.3 cm³/mol. The lowest BCUT2D eigenvalue weighted by Crippen LogP contribution is -2.32. The summed E-state index contributed by atoms with van der Waals surface area (Å²) in [7, 11) is 0. The average molecular weight is 309 g/mol. The lowest BCUT2D eigenvalue weighted by molar-refractivity contribution is 0.0844. The molecule has 1 aliphatic rings. The van der Waals surface area contributed by atoms with E-state index in [9.17, 15) is 8.78 Å². The molecule has 2 aromatic rings. The fourth-order valence-corrected chi connectivity index (χ4v) is 2.44. The fraction of sp³-hybridized carbons (Fsp3) is 0.438. The minimum atomic E-state index is -2.69. The molecule has 4 nitrogen and oxygen atoms in total. The number of ether oxygens (including phenoxy) is 2. The van der Waals surface area contributed by atoms with Crippen molar-refractivity contribution in [3.05, 3.63) is 41.6 Å². The van der Waals surface area contributed by atoms with Gasteiger partial charge in [0.05, 0.1) is 0 Å². The van der Waals surface area contributed by atoms with Crippen LogP contribution in [-0.4, -0.2) is 10.6 Å². The Hall–Kier alpha value is -2.11. The van der Waals surface area contributed by atoms with Gasteiger partial charge in [0.2, 0.25) is 0 Å². The maximum atomic E-state index is 12.7. The number of aromatic nitrogens is 1. The van der Waals surface area contributed by atoms with Crippen LogP contribution in [0, 0.1) is 0 Å². The number of halogens is 2. The van der Waals surface area contributed by atoms with Crippen molar-refractivity contribution in [3.63, 3.8) is 0 Å². The van der Waals surface area contributed by atoms with E-state index < -0.39 is 12.2 Å². The van der Waals surface area contributed by atoms with Gasteiger partial charge in [-0.25, -0.2) is 13.8 Å². The zero-order chi connectivity index (χ0) is 15.7. The molecular formula is C16H17F2NO3. The lowest BCUT2D eigenvalue weighted by Gasteiger charge is -2.32. The summed E-state index contributed by atoms with van der Waals surface area (Å²) < 4.78 is 41.5.